The number of hydrogen-bond acceptors (Lipinski definition) is 3. The van der Waals surface area contributed by atoms with Gasteiger partial charge in [-0.2, -0.15) is 0 Å². The van der Waals surface area contributed by atoms with Crippen LogP contribution >= 0.6 is 0 Å². The van der Waals surface area contributed by atoms with Crippen LogP contribution in [0.3, 0.4) is 0 Å². The van der Waals surface area contributed by atoms with E-state index in [0.717, 1.165) is 28.5 Å². The maximum Gasteiger partial charge on any atom is 0.234 e. The predicted octanol–water partition coefficient (Wildman–Crippen LogP) is 2.71. The molecular weight excluding hydrogens is 226 g/mol. The highest BCUT2D eigenvalue weighted by Gasteiger charge is 2.10. The zero-order valence-electron chi connectivity index (χ0n) is 10.3. The Morgan fingerprint density at radius 3 is 2.67 bits per heavy atom. The van der Waals surface area contributed by atoms with E-state index in [1.165, 1.54) is 0 Å². The lowest BCUT2D eigenvalue weighted by atomic mass is 10.1. The molecule has 0 saturated carbocycles. The minimum Gasteiger partial charge on any atom is -0.497 e. The van der Waals surface area contributed by atoms with Crippen LogP contribution in [0.2, 0.25) is 0 Å². The lowest BCUT2D eigenvalue weighted by molar-refractivity contribution is 0.415. The van der Waals surface area contributed by atoms with Gasteiger partial charge in [-0.25, -0.2) is 9.97 Å². The van der Waals surface area contributed by atoms with Crippen LogP contribution in [-0.2, 0) is 0 Å². The number of imidazole rings is 1. The molecule has 0 atom stereocenters. The summed E-state index contributed by atoms with van der Waals surface area (Å²) in [5, 5.41) is 0. The maximum atomic E-state index is 5.17. The normalized spacial score (nSPS) is 10.8. The lowest BCUT2D eigenvalue weighted by Crippen LogP contribution is -1.90. The highest BCUT2D eigenvalue weighted by Crippen LogP contribution is 2.25. The highest BCUT2D eigenvalue weighted by molar-refractivity contribution is 5.66. The van der Waals surface area contributed by atoms with E-state index in [0.29, 0.717) is 0 Å². The molecule has 18 heavy (non-hydrogen) atoms. The van der Waals surface area contributed by atoms with Crippen molar-refractivity contribution in [2.75, 3.05) is 7.11 Å². The van der Waals surface area contributed by atoms with Crippen LogP contribution in [0.1, 0.15) is 5.69 Å². The summed E-state index contributed by atoms with van der Waals surface area (Å²) in [6.45, 7) is 1.99. The van der Waals surface area contributed by atoms with Crippen LogP contribution < -0.4 is 4.74 Å². The fraction of sp³-hybridized carbons (Fsp3) is 0.143. The molecule has 0 radical (unpaired) electrons. The molecule has 2 heterocycles. The highest BCUT2D eigenvalue weighted by atomic mass is 16.5. The SMILES string of the molecule is COc1ccc(-c2c(C)nc3ncccn23)cc1. The molecule has 0 aliphatic heterocycles. The first-order valence-electron chi connectivity index (χ1n) is 5.73. The Morgan fingerprint density at radius 2 is 1.94 bits per heavy atom. The van der Waals surface area contributed by atoms with Crippen LogP contribution in [0.25, 0.3) is 17.0 Å². The molecule has 1 aromatic carbocycles. The second-order valence-electron chi connectivity index (χ2n) is 4.06. The van der Waals surface area contributed by atoms with E-state index in [-0.39, 0.29) is 0 Å². The number of nitrogens with zero attached hydrogens (tertiary/aromatic N) is 3. The summed E-state index contributed by atoms with van der Waals surface area (Å²) in [5.41, 5.74) is 3.15. The molecule has 0 unspecified atom stereocenters. The number of benzene rings is 1. The molecule has 0 fully saturated rings. The molecule has 4 nitrogen and oxygen atoms in total. The molecule has 2 aromatic heterocycles. The third-order valence-electron chi connectivity index (χ3n) is 2.94. The smallest absolute Gasteiger partial charge is 0.234 e. The molecule has 90 valence electrons. The Kier molecular flexibility index (Phi) is 2.48. The topological polar surface area (TPSA) is 39.4 Å². The molecule has 0 N–H and O–H groups in total. The van der Waals surface area contributed by atoms with Gasteiger partial charge in [-0.3, -0.25) is 4.40 Å². The number of ether oxygens (including phenoxy) is 1. The Balaban J connectivity index is 2.20. The van der Waals surface area contributed by atoms with Gasteiger partial charge < -0.3 is 4.74 Å². The van der Waals surface area contributed by atoms with Gasteiger partial charge in [-0.15, -0.1) is 0 Å². The molecule has 4 heteroatoms. The third kappa shape index (κ3) is 1.62. The van der Waals surface area contributed by atoms with Crippen molar-refractivity contribution in [1.82, 2.24) is 14.4 Å². The number of fused-ring (bicyclic) bond motifs is 1. The summed E-state index contributed by atoms with van der Waals surface area (Å²) < 4.78 is 7.17. The van der Waals surface area contributed by atoms with E-state index in [9.17, 15) is 0 Å². The van der Waals surface area contributed by atoms with Crippen molar-refractivity contribution in [1.29, 1.82) is 0 Å². The van der Waals surface area contributed by atoms with Gasteiger partial charge in [0.05, 0.1) is 18.5 Å². The Labute approximate surface area is 105 Å². The fourth-order valence-electron chi connectivity index (χ4n) is 2.09. The van der Waals surface area contributed by atoms with Crippen LogP contribution in [-0.4, -0.2) is 21.5 Å². The van der Waals surface area contributed by atoms with Crippen molar-refractivity contribution in [2.45, 2.75) is 6.92 Å². The number of rotatable bonds is 2. The first-order chi connectivity index (χ1) is 8.79. The largest absolute Gasteiger partial charge is 0.497 e. The molecule has 0 amide bonds. The maximum absolute atomic E-state index is 5.17. The lowest BCUT2D eigenvalue weighted by Gasteiger charge is -2.04. The molecule has 3 aromatic rings. The van der Waals surface area contributed by atoms with Crippen molar-refractivity contribution in [2.24, 2.45) is 0 Å². The summed E-state index contributed by atoms with van der Waals surface area (Å²) in [5.74, 6) is 1.57. The van der Waals surface area contributed by atoms with E-state index < -0.39 is 0 Å². The van der Waals surface area contributed by atoms with E-state index in [1.54, 1.807) is 13.3 Å². The van der Waals surface area contributed by atoms with Crippen molar-refractivity contribution in [3.63, 3.8) is 0 Å². The average Bonchev–Trinajstić information content (AvgIpc) is 2.75. The minimum absolute atomic E-state index is 0.723. The summed E-state index contributed by atoms with van der Waals surface area (Å²) >= 11 is 0. The first kappa shape index (κ1) is 10.8. The van der Waals surface area contributed by atoms with Gasteiger partial charge in [-0.1, -0.05) is 0 Å². The van der Waals surface area contributed by atoms with Gasteiger partial charge in [0.25, 0.3) is 0 Å². The number of hydrogen-bond donors (Lipinski definition) is 0. The monoisotopic (exact) mass is 239 g/mol. The number of methoxy groups -OCH3 is 1. The minimum atomic E-state index is 0.723. The molecular formula is C14H13N3O. The Bertz CT molecular complexity index is 686. The molecule has 0 spiro atoms. The van der Waals surface area contributed by atoms with Gasteiger partial charge >= 0.3 is 0 Å². The second kappa shape index (κ2) is 4.14. The third-order valence-corrected chi connectivity index (χ3v) is 2.94. The van der Waals surface area contributed by atoms with Crippen LogP contribution in [0.4, 0.5) is 0 Å². The quantitative estimate of drug-likeness (QED) is 0.690. The second-order valence-corrected chi connectivity index (χ2v) is 4.06. The molecule has 3 rings (SSSR count). The van der Waals surface area contributed by atoms with Crippen LogP contribution in [0.15, 0.2) is 42.7 Å². The average molecular weight is 239 g/mol. The van der Waals surface area contributed by atoms with Crippen LogP contribution in [0, 0.1) is 6.92 Å². The zero-order valence-corrected chi connectivity index (χ0v) is 10.3. The van der Waals surface area contributed by atoms with Crippen LogP contribution in [0.5, 0.6) is 5.75 Å². The molecule has 0 aliphatic carbocycles. The van der Waals surface area contributed by atoms with Crippen molar-refractivity contribution < 1.29 is 4.74 Å². The zero-order chi connectivity index (χ0) is 12.5. The summed E-state index contributed by atoms with van der Waals surface area (Å²) in [6, 6.07) is 9.86. The van der Waals surface area contributed by atoms with Gasteiger partial charge in [0.2, 0.25) is 5.78 Å². The van der Waals surface area contributed by atoms with Crippen molar-refractivity contribution in [3.05, 3.63) is 48.4 Å². The summed E-state index contributed by atoms with van der Waals surface area (Å²) in [7, 11) is 1.67. The fourth-order valence-corrected chi connectivity index (χ4v) is 2.09. The molecule has 0 saturated heterocycles. The van der Waals surface area contributed by atoms with Gasteiger partial charge in [0.15, 0.2) is 0 Å². The van der Waals surface area contributed by atoms with Crippen molar-refractivity contribution >= 4 is 5.78 Å². The van der Waals surface area contributed by atoms with Crippen molar-refractivity contribution in [3.8, 4) is 17.0 Å². The predicted molar refractivity (Wildman–Crippen MR) is 69.7 cm³/mol. The number of aromatic nitrogens is 3. The summed E-state index contributed by atoms with van der Waals surface area (Å²) in [4.78, 5) is 8.70. The molecule has 0 bridgehead atoms. The van der Waals surface area contributed by atoms with E-state index in [4.69, 9.17) is 4.74 Å². The van der Waals surface area contributed by atoms with Gasteiger partial charge in [-0.05, 0) is 37.3 Å². The standard InChI is InChI=1S/C14H13N3O/c1-10-13(11-4-6-12(18-2)7-5-11)17-9-3-8-15-14(17)16-10/h3-9H,1-2H3. The van der Waals surface area contributed by atoms with E-state index >= 15 is 0 Å². The summed E-state index contributed by atoms with van der Waals surface area (Å²) in [6.07, 6.45) is 3.72. The first-order valence-corrected chi connectivity index (χ1v) is 5.73. The Morgan fingerprint density at radius 1 is 1.17 bits per heavy atom. The Hall–Kier alpha value is -2.36. The van der Waals surface area contributed by atoms with Gasteiger partial charge in [0.1, 0.15) is 5.75 Å². The van der Waals surface area contributed by atoms with Gasteiger partial charge in [0, 0.05) is 18.0 Å². The number of aryl methyl sites for hydroxylation is 1. The van der Waals surface area contributed by atoms with E-state index in [2.05, 4.69) is 9.97 Å². The molecule has 0 aliphatic rings. The van der Waals surface area contributed by atoms with E-state index in [1.807, 2.05) is 47.9 Å².